The van der Waals surface area contributed by atoms with Crippen molar-refractivity contribution in [2.75, 3.05) is 18.0 Å². The number of aryl methyl sites for hydroxylation is 2. The smallest absolute Gasteiger partial charge is 0.296 e. The van der Waals surface area contributed by atoms with E-state index in [1.165, 1.54) is 0 Å². The number of hydrogen-bond donors (Lipinski definition) is 1. The normalized spacial score (nSPS) is 14.1. The predicted molar refractivity (Wildman–Crippen MR) is 83.1 cm³/mol. The lowest BCUT2D eigenvalue weighted by Crippen LogP contribution is -2.34. The first kappa shape index (κ1) is 15.5. The monoisotopic (exact) mass is 307 g/mol. The number of rotatable bonds is 1. The molecule has 2 heterocycles. The van der Waals surface area contributed by atoms with E-state index < -0.39 is 0 Å². The fourth-order valence-electron chi connectivity index (χ4n) is 2.52. The first-order chi connectivity index (χ1) is 9.66. The van der Waals surface area contributed by atoms with Crippen LogP contribution in [0, 0.1) is 13.8 Å². The maximum atomic E-state index is 12.7. The van der Waals surface area contributed by atoms with Gasteiger partial charge in [0.05, 0.1) is 5.69 Å². The Morgan fingerprint density at radius 3 is 2.81 bits per heavy atom. The van der Waals surface area contributed by atoms with Crippen molar-refractivity contribution in [1.29, 1.82) is 0 Å². The Kier molecular flexibility index (Phi) is 4.65. The van der Waals surface area contributed by atoms with Crippen molar-refractivity contribution in [2.45, 2.75) is 20.4 Å². The van der Waals surface area contributed by atoms with Crippen LogP contribution in [0.15, 0.2) is 28.7 Å². The first-order valence-electron chi connectivity index (χ1n) is 6.71. The average Bonchev–Trinajstić information content (AvgIpc) is 2.66. The largest absolute Gasteiger partial charge is 0.436 e. The van der Waals surface area contributed by atoms with Crippen molar-refractivity contribution in [3.8, 4) is 0 Å². The van der Waals surface area contributed by atoms with Gasteiger partial charge in [-0.3, -0.25) is 4.79 Å². The molecule has 3 rings (SSSR count). The number of carbonyl (C=O) groups is 1. The molecule has 0 aliphatic carbocycles. The molecule has 2 aromatic rings. The molecule has 6 heteroatoms. The fraction of sp³-hybridized carbons (Fsp3) is 0.333. The zero-order valence-electron chi connectivity index (χ0n) is 12.0. The lowest BCUT2D eigenvalue weighted by atomic mass is 10.1. The number of fused-ring (bicyclic) bond motifs is 1. The SMILES string of the molecule is Cc1nc(C)c(C(=O)N2CCNCc3ccccc32)o1.Cl. The summed E-state index contributed by atoms with van der Waals surface area (Å²) in [5, 5.41) is 3.32. The highest BCUT2D eigenvalue weighted by Gasteiger charge is 2.26. The van der Waals surface area contributed by atoms with E-state index in [9.17, 15) is 4.79 Å². The van der Waals surface area contributed by atoms with Gasteiger partial charge in [0.15, 0.2) is 5.89 Å². The number of anilines is 1. The van der Waals surface area contributed by atoms with E-state index in [1.807, 2.05) is 24.3 Å². The molecular weight excluding hydrogens is 290 g/mol. The van der Waals surface area contributed by atoms with Crippen molar-refractivity contribution in [3.05, 3.63) is 47.2 Å². The number of nitrogens with zero attached hydrogens (tertiary/aromatic N) is 2. The third kappa shape index (κ3) is 2.94. The Bertz CT molecular complexity index is 654. The van der Waals surface area contributed by atoms with E-state index in [0.717, 1.165) is 24.3 Å². The molecule has 5 nitrogen and oxygen atoms in total. The number of aromatic nitrogens is 1. The minimum atomic E-state index is -0.126. The van der Waals surface area contributed by atoms with Crippen LogP contribution < -0.4 is 10.2 Å². The van der Waals surface area contributed by atoms with Crippen LogP contribution >= 0.6 is 12.4 Å². The van der Waals surface area contributed by atoms with E-state index in [4.69, 9.17) is 4.42 Å². The van der Waals surface area contributed by atoms with Crippen LogP contribution in [0.5, 0.6) is 0 Å². The van der Waals surface area contributed by atoms with Gasteiger partial charge in [0.2, 0.25) is 5.76 Å². The second-order valence-corrected chi connectivity index (χ2v) is 4.91. The van der Waals surface area contributed by atoms with Gasteiger partial charge in [-0.25, -0.2) is 4.98 Å². The summed E-state index contributed by atoms with van der Waals surface area (Å²) in [6.07, 6.45) is 0. The van der Waals surface area contributed by atoms with Gasteiger partial charge >= 0.3 is 0 Å². The molecule has 1 N–H and O–H groups in total. The number of oxazole rings is 1. The van der Waals surface area contributed by atoms with Gasteiger partial charge < -0.3 is 14.6 Å². The van der Waals surface area contributed by atoms with Crippen LogP contribution in [-0.2, 0) is 6.54 Å². The maximum Gasteiger partial charge on any atom is 0.296 e. The van der Waals surface area contributed by atoms with Gasteiger partial charge in [0, 0.05) is 32.2 Å². The fourth-order valence-corrected chi connectivity index (χ4v) is 2.52. The average molecular weight is 308 g/mol. The Hall–Kier alpha value is -1.85. The standard InChI is InChI=1S/C15H17N3O2.ClH/c1-10-14(20-11(2)17-10)15(19)18-8-7-16-9-12-5-3-4-6-13(12)18;/h3-6,16H,7-9H2,1-2H3;1H. The number of para-hydroxylation sites is 1. The molecule has 0 spiro atoms. The topological polar surface area (TPSA) is 58.4 Å². The lowest BCUT2D eigenvalue weighted by Gasteiger charge is -2.21. The molecule has 0 saturated carbocycles. The molecule has 1 aliphatic heterocycles. The van der Waals surface area contributed by atoms with Gasteiger partial charge in [-0.1, -0.05) is 18.2 Å². The third-order valence-electron chi connectivity index (χ3n) is 3.45. The molecule has 1 aromatic carbocycles. The van der Waals surface area contributed by atoms with Crippen molar-refractivity contribution >= 4 is 24.0 Å². The Labute approximate surface area is 129 Å². The summed E-state index contributed by atoms with van der Waals surface area (Å²) < 4.78 is 5.46. The Balaban J connectivity index is 0.00000161. The minimum absolute atomic E-state index is 0. The molecule has 0 atom stereocenters. The highest BCUT2D eigenvalue weighted by atomic mass is 35.5. The van der Waals surface area contributed by atoms with Crippen LogP contribution in [0.25, 0.3) is 0 Å². The van der Waals surface area contributed by atoms with Gasteiger partial charge in [0.25, 0.3) is 5.91 Å². The number of hydrogen-bond acceptors (Lipinski definition) is 4. The van der Waals surface area contributed by atoms with Crippen molar-refractivity contribution in [3.63, 3.8) is 0 Å². The van der Waals surface area contributed by atoms with Crippen LogP contribution in [0.1, 0.15) is 27.7 Å². The lowest BCUT2D eigenvalue weighted by molar-refractivity contribution is 0.0959. The number of amides is 1. The second kappa shape index (κ2) is 6.28. The summed E-state index contributed by atoms with van der Waals surface area (Å²) in [4.78, 5) is 18.7. The summed E-state index contributed by atoms with van der Waals surface area (Å²) in [5.41, 5.74) is 2.70. The quantitative estimate of drug-likeness (QED) is 0.879. The molecule has 0 radical (unpaired) electrons. The van der Waals surface area contributed by atoms with Crippen molar-refractivity contribution in [1.82, 2.24) is 10.3 Å². The number of nitrogens with one attached hydrogen (secondary N) is 1. The summed E-state index contributed by atoms with van der Waals surface area (Å²) in [5.74, 6) is 0.727. The highest BCUT2D eigenvalue weighted by molar-refractivity contribution is 6.05. The number of halogens is 1. The summed E-state index contributed by atoms with van der Waals surface area (Å²) in [6, 6.07) is 7.94. The van der Waals surface area contributed by atoms with Gasteiger partial charge in [-0.2, -0.15) is 0 Å². The van der Waals surface area contributed by atoms with Gasteiger partial charge in [-0.05, 0) is 18.6 Å². The van der Waals surface area contributed by atoms with Crippen molar-refractivity contribution in [2.24, 2.45) is 0 Å². The minimum Gasteiger partial charge on any atom is -0.436 e. The van der Waals surface area contributed by atoms with Crippen LogP contribution in [0.3, 0.4) is 0 Å². The second-order valence-electron chi connectivity index (χ2n) is 4.91. The maximum absolute atomic E-state index is 12.7. The molecule has 0 unspecified atom stereocenters. The van der Waals surface area contributed by atoms with E-state index in [-0.39, 0.29) is 18.3 Å². The molecule has 1 aliphatic rings. The summed E-state index contributed by atoms with van der Waals surface area (Å²) in [6.45, 7) is 5.70. The molecule has 112 valence electrons. The molecule has 1 amide bonds. The summed E-state index contributed by atoms with van der Waals surface area (Å²) >= 11 is 0. The van der Waals surface area contributed by atoms with E-state index in [2.05, 4.69) is 10.3 Å². The zero-order valence-corrected chi connectivity index (χ0v) is 12.9. The molecule has 0 bridgehead atoms. The molecular formula is C15H18ClN3O2. The first-order valence-corrected chi connectivity index (χ1v) is 6.71. The third-order valence-corrected chi connectivity index (χ3v) is 3.45. The molecule has 0 fully saturated rings. The van der Waals surface area contributed by atoms with Crippen LogP contribution in [-0.4, -0.2) is 24.0 Å². The Morgan fingerprint density at radius 2 is 2.10 bits per heavy atom. The molecule has 1 aromatic heterocycles. The highest BCUT2D eigenvalue weighted by Crippen LogP contribution is 2.24. The predicted octanol–water partition coefficient (Wildman–Crippen LogP) is 2.46. The summed E-state index contributed by atoms with van der Waals surface area (Å²) in [7, 11) is 0. The van der Waals surface area contributed by atoms with Gasteiger partial charge in [0.1, 0.15) is 0 Å². The van der Waals surface area contributed by atoms with E-state index in [0.29, 0.717) is 23.9 Å². The van der Waals surface area contributed by atoms with Crippen molar-refractivity contribution < 1.29 is 9.21 Å². The van der Waals surface area contributed by atoms with Crippen LogP contribution in [0.4, 0.5) is 5.69 Å². The van der Waals surface area contributed by atoms with E-state index in [1.54, 1.807) is 18.7 Å². The molecule has 0 saturated heterocycles. The Morgan fingerprint density at radius 1 is 1.33 bits per heavy atom. The van der Waals surface area contributed by atoms with Crippen LogP contribution in [0.2, 0.25) is 0 Å². The zero-order chi connectivity index (χ0) is 14.1. The van der Waals surface area contributed by atoms with E-state index >= 15 is 0 Å². The number of benzene rings is 1. The number of carbonyl (C=O) groups excluding carboxylic acids is 1. The van der Waals surface area contributed by atoms with Gasteiger partial charge in [-0.15, -0.1) is 12.4 Å². The molecule has 21 heavy (non-hydrogen) atoms.